The maximum atomic E-state index is 12.1. The second-order valence-electron chi connectivity index (χ2n) is 4.04. The van der Waals surface area contributed by atoms with E-state index >= 15 is 0 Å². The van der Waals surface area contributed by atoms with Crippen molar-refractivity contribution in [3.63, 3.8) is 0 Å². The summed E-state index contributed by atoms with van der Waals surface area (Å²) in [5.74, 6) is -1.37. The summed E-state index contributed by atoms with van der Waals surface area (Å²) in [6.07, 6.45) is 4.03. The average Bonchev–Trinajstić information content (AvgIpc) is 2.89. The van der Waals surface area contributed by atoms with Gasteiger partial charge in [-0.3, -0.25) is 10.1 Å². The lowest BCUT2D eigenvalue weighted by Gasteiger charge is -2.13. The molecule has 20 heavy (non-hydrogen) atoms. The van der Waals surface area contributed by atoms with Crippen molar-refractivity contribution in [1.29, 1.82) is 0 Å². The molecule has 0 aromatic carbocycles. The molecule has 0 saturated heterocycles. The molecule has 2 aromatic heterocycles. The molecule has 9 heteroatoms. The van der Waals surface area contributed by atoms with Crippen molar-refractivity contribution in [3.8, 4) is 0 Å². The summed E-state index contributed by atoms with van der Waals surface area (Å²) >= 11 is 0. The quantitative estimate of drug-likeness (QED) is 0.739. The molecule has 0 aliphatic rings. The van der Waals surface area contributed by atoms with E-state index in [1.807, 2.05) is 0 Å². The molecule has 1 atom stereocenters. The Hall–Kier alpha value is -2.26. The van der Waals surface area contributed by atoms with Gasteiger partial charge in [0.1, 0.15) is 5.56 Å². The number of pyridine rings is 1. The molecule has 2 heterocycles. The molecule has 0 unspecified atom stereocenters. The van der Waals surface area contributed by atoms with Gasteiger partial charge in [0.25, 0.3) is 10.0 Å². The van der Waals surface area contributed by atoms with Gasteiger partial charge in [-0.2, -0.15) is 5.10 Å². The zero-order valence-electron chi connectivity index (χ0n) is 10.4. The molecule has 0 aliphatic carbocycles. The fourth-order valence-electron chi connectivity index (χ4n) is 1.64. The van der Waals surface area contributed by atoms with Crippen LogP contribution in [0.1, 0.15) is 28.9 Å². The number of aromatic amines is 1. The third-order valence-corrected chi connectivity index (χ3v) is 4.15. The number of aromatic nitrogens is 3. The fraction of sp³-hybridized carbons (Fsp3) is 0.182. The Bertz CT molecular complexity index is 711. The molecule has 2 aromatic rings. The Morgan fingerprint density at radius 1 is 1.40 bits per heavy atom. The van der Waals surface area contributed by atoms with E-state index in [4.69, 9.17) is 5.11 Å². The van der Waals surface area contributed by atoms with Gasteiger partial charge in [0.2, 0.25) is 0 Å². The second-order valence-corrected chi connectivity index (χ2v) is 5.69. The zero-order valence-corrected chi connectivity index (χ0v) is 11.3. The Morgan fingerprint density at radius 2 is 2.05 bits per heavy atom. The lowest BCUT2D eigenvalue weighted by molar-refractivity contribution is 0.0692. The first-order chi connectivity index (χ1) is 9.42. The molecule has 0 bridgehead atoms. The van der Waals surface area contributed by atoms with Crippen LogP contribution in [0.2, 0.25) is 0 Å². The van der Waals surface area contributed by atoms with Crippen molar-refractivity contribution >= 4 is 16.0 Å². The van der Waals surface area contributed by atoms with E-state index in [2.05, 4.69) is 19.9 Å². The minimum Gasteiger partial charge on any atom is -0.478 e. The first-order valence-corrected chi connectivity index (χ1v) is 7.09. The molecular formula is C11H12N4O4S. The lowest BCUT2D eigenvalue weighted by Crippen LogP contribution is -2.28. The van der Waals surface area contributed by atoms with E-state index in [-0.39, 0.29) is 0 Å². The van der Waals surface area contributed by atoms with Crippen LogP contribution in [0.25, 0.3) is 0 Å². The fourth-order valence-corrected chi connectivity index (χ4v) is 2.97. The third-order valence-electron chi connectivity index (χ3n) is 2.64. The summed E-state index contributed by atoms with van der Waals surface area (Å²) in [6.45, 7) is 1.64. The number of rotatable bonds is 5. The van der Waals surface area contributed by atoms with Crippen LogP contribution < -0.4 is 4.72 Å². The van der Waals surface area contributed by atoms with Crippen LogP contribution in [0, 0.1) is 0 Å². The summed E-state index contributed by atoms with van der Waals surface area (Å²) in [5.41, 5.74) is 0.305. The van der Waals surface area contributed by atoms with E-state index in [1.54, 1.807) is 31.5 Å². The Balaban J connectivity index is 2.28. The van der Waals surface area contributed by atoms with Gasteiger partial charge < -0.3 is 5.11 Å². The second kappa shape index (κ2) is 5.39. The van der Waals surface area contributed by atoms with Crippen LogP contribution in [0.5, 0.6) is 0 Å². The van der Waals surface area contributed by atoms with Gasteiger partial charge in [0.05, 0.1) is 6.20 Å². The van der Waals surface area contributed by atoms with Crippen molar-refractivity contribution < 1.29 is 18.3 Å². The number of aromatic carboxylic acids is 1. The van der Waals surface area contributed by atoms with E-state index in [9.17, 15) is 13.2 Å². The van der Waals surface area contributed by atoms with Crippen LogP contribution >= 0.6 is 0 Å². The molecule has 8 nitrogen and oxygen atoms in total. The number of H-pyrrole nitrogens is 1. The maximum Gasteiger partial charge on any atom is 0.340 e. The molecule has 0 spiro atoms. The predicted octanol–water partition coefficient (Wildman–Crippen LogP) is 0.542. The Labute approximate surface area is 114 Å². The minimum absolute atomic E-state index is 0.403. The topological polar surface area (TPSA) is 125 Å². The minimum atomic E-state index is -4.01. The molecule has 2 rings (SSSR count). The highest BCUT2D eigenvalue weighted by molar-refractivity contribution is 7.89. The standard InChI is InChI=1S/C11H12N4O4S/c1-7(8-2-4-12-5-3-8)15-20(18,19)10-9(11(16)17)6-13-14-10/h2-7,15H,1H3,(H,13,14)(H,16,17)/t7-/m1/s1. The maximum absolute atomic E-state index is 12.1. The smallest absolute Gasteiger partial charge is 0.340 e. The molecule has 3 N–H and O–H groups in total. The normalized spacial score (nSPS) is 13.1. The van der Waals surface area contributed by atoms with Gasteiger partial charge in [-0.05, 0) is 24.6 Å². The highest BCUT2D eigenvalue weighted by Gasteiger charge is 2.26. The average molecular weight is 296 g/mol. The zero-order chi connectivity index (χ0) is 14.8. The molecule has 0 fully saturated rings. The summed E-state index contributed by atoms with van der Waals surface area (Å²) in [7, 11) is -4.01. The van der Waals surface area contributed by atoms with Crippen molar-refractivity contribution in [2.24, 2.45) is 0 Å². The monoisotopic (exact) mass is 296 g/mol. The van der Waals surface area contributed by atoms with Gasteiger partial charge in [-0.25, -0.2) is 17.9 Å². The SMILES string of the molecule is C[C@@H](NS(=O)(=O)c1[nH]ncc1C(=O)O)c1ccncc1. The largest absolute Gasteiger partial charge is 0.478 e. The molecule has 0 aliphatic heterocycles. The van der Waals surface area contributed by atoms with Crippen molar-refractivity contribution in [2.75, 3.05) is 0 Å². The van der Waals surface area contributed by atoms with Crippen molar-refractivity contribution in [1.82, 2.24) is 19.9 Å². The number of hydrogen-bond donors (Lipinski definition) is 3. The number of carboxylic acids is 1. The molecule has 106 valence electrons. The molecule has 0 amide bonds. The third kappa shape index (κ3) is 2.83. The van der Waals surface area contributed by atoms with Crippen molar-refractivity contribution in [3.05, 3.63) is 41.9 Å². The van der Waals surface area contributed by atoms with E-state index in [0.29, 0.717) is 5.56 Å². The number of nitrogens with zero attached hydrogens (tertiary/aromatic N) is 2. The predicted molar refractivity (Wildman–Crippen MR) is 68.5 cm³/mol. The first-order valence-electron chi connectivity index (χ1n) is 5.60. The molecule has 0 saturated carbocycles. The summed E-state index contributed by atoms with van der Waals surface area (Å²) in [5, 5.41) is 14.1. The van der Waals surface area contributed by atoms with E-state index in [1.165, 1.54) is 0 Å². The van der Waals surface area contributed by atoms with Crippen LogP contribution in [0.15, 0.2) is 35.7 Å². The Kier molecular flexibility index (Phi) is 3.81. The molecule has 0 radical (unpaired) electrons. The summed E-state index contributed by atoms with van der Waals surface area (Å²) in [6, 6.07) is 2.80. The number of sulfonamides is 1. The van der Waals surface area contributed by atoms with Gasteiger partial charge in [-0.15, -0.1) is 0 Å². The highest BCUT2D eigenvalue weighted by atomic mass is 32.2. The number of nitrogens with one attached hydrogen (secondary N) is 2. The van der Waals surface area contributed by atoms with Crippen LogP contribution in [0.4, 0.5) is 0 Å². The van der Waals surface area contributed by atoms with Gasteiger partial charge in [-0.1, -0.05) is 0 Å². The van der Waals surface area contributed by atoms with Gasteiger partial charge in [0, 0.05) is 18.4 Å². The van der Waals surface area contributed by atoms with E-state index in [0.717, 1.165) is 6.20 Å². The van der Waals surface area contributed by atoms with Gasteiger partial charge >= 0.3 is 5.97 Å². The number of carbonyl (C=O) groups is 1. The number of carboxylic acid groups (broad SMARTS) is 1. The molecular weight excluding hydrogens is 284 g/mol. The summed E-state index contributed by atoms with van der Waals surface area (Å²) in [4.78, 5) is 14.8. The van der Waals surface area contributed by atoms with Crippen molar-refractivity contribution in [2.45, 2.75) is 18.0 Å². The van der Waals surface area contributed by atoms with E-state index < -0.39 is 32.6 Å². The number of hydrogen-bond acceptors (Lipinski definition) is 5. The van der Waals surface area contributed by atoms with Crippen LogP contribution in [-0.2, 0) is 10.0 Å². The summed E-state index contributed by atoms with van der Waals surface area (Å²) < 4.78 is 26.7. The van der Waals surface area contributed by atoms with Crippen LogP contribution in [0.3, 0.4) is 0 Å². The van der Waals surface area contributed by atoms with Crippen LogP contribution in [-0.4, -0.2) is 34.7 Å². The first kappa shape index (κ1) is 14.2. The van der Waals surface area contributed by atoms with Gasteiger partial charge in [0.15, 0.2) is 5.03 Å². The lowest BCUT2D eigenvalue weighted by atomic mass is 10.1. The Morgan fingerprint density at radius 3 is 2.65 bits per heavy atom. The highest BCUT2D eigenvalue weighted by Crippen LogP contribution is 2.17.